The van der Waals surface area contributed by atoms with Crippen LogP contribution in [-0.4, -0.2) is 28.6 Å². The minimum Gasteiger partial charge on any atom is -0.477 e. The first kappa shape index (κ1) is 14.1. The molecule has 0 radical (unpaired) electrons. The Morgan fingerprint density at radius 2 is 2.05 bits per heavy atom. The van der Waals surface area contributed by atoms with E-state index in [2.05, 4.69) is 23.7 Å². The fourth-order valence-corrected chi connectivity index (χ4v) is 3.97. The van der Waals surface area contributed by atoms with Gasteiger partial charge in [-0.1, -0.05) is 48.6 Å². The van der Waals surface area contributed by atoms with Gasteiger partial charge in [0.2, 0.25) is 0 Å². The normalized spacial score (nSPS) is 21.7. The molecule has 1 fully saturated rings. The molecule has 0 saturated carbocycles. The van der Waals surface area contributed by atoms with Gasteiger partial charge in [-0.15, -0.1) is 0 Å². The van der Waals surface area contributed by atoms with Crippen LogP contribution in [0.3, 0.4) is 0 Å². The molecule has 2 heterocycles. The molecule has 21 heavy (non-hydrogen) atoms. The van der Waals surface area contributed by atoms with Crippen molar-refractivity contribution in [1.82, 2.24) is 4.98 Å². The maximum absolute atomic E-state index is 11.5. The van der Waals surface area contributed by atoms with Gasteiger partial charge in [0.15, 0.2) is 5.13 Å². The summed E-state index contributed by atoms with van der Waals surface area (Å²) in [7, 11) is 0. The summed E-state index contributed by atoms with van der Waals surface area (Å²) in [6.45, 7) is 5.34. The molecule has 0 amide bonds. The van der Waals surface area contributed by atoms with Crippen molar-refractivity contribution in [2.24, 2.45) is 5.92 Å². The molecule has 2 unspecified atom stereocenters. The summed E-state index contributed by atoms with van der Waals surface area (Å²) in [6.07, 6.45) is 1.13. The maximum atomic E-state index is 11.5. The van der Waals surface area contributed by atoms with Crippen LogP contribution in [0.1, 0.15) is 29.9 Å². The first-order chi connectivity index (χ1) is 10.1. The lowest BCUT2D eigenvalue weighted by atomic mass is 10.1. The molecule has 2 atom stereocenters. The molecule has 2 aromatic rings. The molecule has 1 aliphatic rings. The third-order valence-corrected chi connectivity index (χ3v) is 4.97. The molecule has 1 aromatic carbocycles. The van der Waals surface area contributed by atoms with E-state index in [4.69, 9.17) is 0 Å². The van der Waals surface area contributed by atoms with Gasteiger partial charge < -0.3 is 10.0 Å². The van der Waals surface area contributed by atoms with E-state index in [1.807, 2.05) is 30.3 Å². The zero-order valence-electron chi connectivity index (χ0n) is 12.1. The van der Waals surface area contributed by atoms with E-state index in [0.717, 1.165) is 23.7 Å². The number of nitrogens with zero attached hydrogens (tertiary/aromatic N) is 2. The lowest BCUT2D eigenvalue weighted by Gasteiger charge is -2.19. The molecule has 0 aliphatic carbocycles. The van der Waals surface area contributed by atoms with E-state index >= 15 is 0 Å². The third-order valence-electron chi connectivity index (χ3n) is 3.89. The van der Waals surface area contributed by atoms with E-state index in [-0.39, 0.29) is 0 Å². The van der Waals surface area contributed by atoms with Crippen LogP contribution in [0.4, 0.5) is 5.13 Å². The Labute approximate surface area is 128 Å². The molecule has 1 saturated heterocycles. The smallest absolute Gasteiger partial charge is 0.348 e. The van der Waals surface area contributed by atoms with Gasteiger partial charge in [0.1, 0.15) is 4.88 Å². The summed E-state index contributed by atoms with van der Waals surface area (Å²) in [4.78, 5) is 18.7. The van der Waals surface area contributed by atoms with E-state index in [1.54, 1.807) is 0 Å². The summed E-state index contributed by atoms with van der Waals surface area (Å²) in [6, 6.07) is 9.95. The number of carbonyl (C=O) groups is 1. The number of hydrogen-bond acceptors (Lipinski definition) is 4. The number of anilines is 1. The van der Waals surface area contributed by atoms with Crippen LogP contribution in [0, 0.1) is 5.92 Å². The standard InChI is InChI=1S/C16H18N2O2S/c1-10-8-11(2)18(9-10)16-17-13(14(21-16)15(19)20)12-6-4-3-5-7-12/h3-7,10-11H,8-9H2,1-2H3,(H,19,20). The molecule has 4 nitrogen and oxygen atoms in total. The molecule has 110 valence electrons. The Bertz CT molecular complexity index is 654. The highest BCUT2D eigenvalue weighted by atomic mass is 32.1. The number of aromatic nitrogens is 1. The lowest BCUT2D eigenvalue weighted by molar-refractivity contribution is 0.0702. The van der Waals surface area contributed by atoms with Gasteiger partial charge >= 0.3 is 5.97 Å². The van der Waals surface area contributed by atoms with Crippen LogP contribution in [0.2, 0.25) is 0 Å². The number of hydrogen-bond donors (Lipinski definition) is 1. The SMILES string of the molecule is CC1CC(C)N(c2nc(-c3ccccc3)c(C(=O)O)s2)C1. The van der Waals surface area contributed by atoms with Crippen molar-refractivity contribution in [2.75, 3.05) is 11.4 Å². The minimum absolute atomic E-state index is 0.322. The second-order valence-corrected chi connectivity index (χ2v) is 6.67. The Kier molecular flexibility index (Phi) is 3.68. The zero-order chi connectivity index (χ0) is 15.0. The van der Waals surface area contributed by atoms with Crippen LogP contribution in [0.15, 0.2) is 30.3 Å². The fourth-order valence-electron chi connectivity index (χ4n) is 2.93. The Morgan fingerprint density at radius 3 is 2.62 bits per heavy atom. The quantitative estimate of drug-likeness (QED) is 0.938. The van der Waals surface area contributed by atoms with E-state index in [1.165, 1.54) is 11.3 Å². The molecular formula is C16H18N2O2S. The van der Waals surface area contributed by atoms with Crippen LogP contribution in [-0.2, 0) is 0 Å². The first-order valence-corrected chi connectivity index (χ1v) is 7.94. The monoisotopic (exact) mass is 302 g/mol. The number of rotatable bonds is 3. The number of benzene rings is 1. The van der Waals surface area contributed by atoms with Crippen LogP contribution in [0.5, 0.6) is 0 Å². The summed E-state index contributed by atoms with van der Waals surface area (Å²) in [5, 5.41) is 10.3. The highest BCUT2D eigenvalue weighted by molar-refractivity contribution is 7.17. The number of thiazole rings is 1. The summed E-state index contributed by atoms with van der Waals surface area (Å²) in [5.74, 6) is -0.283. The average molecular weight is 302 g/mol. The molecule has 0 bridgehead atoms. The van der Waals surface area contributed by atoms with Crippen molar-refractivity contribution in [3.8, 4) is 11.3 Å². The van der Waals surface area contributed by atoms with Gasteiger partial charge in [0, 0.05) is 18.2 Å². The Balaban J connectivity index is 2.03. The van der Waals surface area contributed by atoms with E-state index < -0.39 is 5.97 Å². The zero-order valence-corrected chi connectivity index (χ0v) is 12.9. The van der Waals surface area contributed by atoms with Crippen molar-refractivity contribution in [3.63, 3.8) is 0 Å². The van der Waals surface area contributed by atoms with Crippen molar-refractivity contribution in [1.29, 1.82) is 0 Å². The van der Waals surface area contributed by atoms with Gasteiger partial charge in [-0.05, 0) is 19.3 Å². The topological polar surface area (TPSA) is 53.4 Å². The number of aromatic carboxylic acids is 1. The molecular weight excluding hydrogens is 284 g/mol. The highest BCUT2D eigenvalue weighted by Crippen LogP contribution is 2.37. The Hall–Kier alpha value is -1.88. The maximum Gasteiger partial charge on any atom is 0.348 e. The van der Waals surface area contributed by atoms with Gasteiger partial charge in [-0.3, -0.25) is 0 Å². The second-order valence-electron chi connectivity index (χ2n) is 5.69. The van der Waals surface area contributed by atoms with Gasteiger partial charge in [0.25, 0.3) is 0 Å². The van der Waals surface area contributed by atoms with Crippen LogP contribution >= 0.6 is 11.3 Å². The molecule has 3 rings (SSSR count). The van der Waals surface area contributed by atoms with Crippen molar-refractivity contribution >= 4 is 22.4 Å². The van der Waals surface area contributed by atoms with Crippen LogP contribution in [0.25, 0.3) is 11.3 Å². The van der Waals surface area contributed by atoms with E-state index in [0.29, 0.717) is 22.5 Å². The van der Waals surface area contributed by atoms with Crippen molar-refractivity contribution < 1.29 is 9.90 Å². The molecule has 1 aromatic heterocycles. The molecule has 1 aliphatic heterocycles. The average Bonchev–Trinajstić information content (AvgIpc) is 3.03. The molecule has 0 spiro atoms. The lowest BCUT2D eigenvalue weighted by Crippen LogP contribution is -2.26. The number of carboxylic acids is 1. The molecule has 5 heteroatoms. The minimum atomic E-state index is -0.905. The summed E-state index contributed by atoms with van der Waals surface area (Å²) < 4.78 is 0. The van der Waals surface area contributed by atoms with Gasteiger partial charge in [-0.25, -0.2) is 9.78 Å². The summed E-state index contributed by atoms with van der Waals surface area (Å²) in [5.41, 5.74) is 1.44. The van der Waals surface area contributed by atoms with Gasteiger partial charge in [-0.2, -0.15) is 0 Å². The Morgan fingerprint density at radius 1 is 1.33 bits per heavy atom. The molecule has 1 N–H and O–H groups in total. The number of carboxylic acid groups (broad SMARTS) is 1. The summed E-state index contributed by atoms with van der Waals surface area (Å²) >= 11 is 1.28. The highest BCUT2D eigenvalue weighted by Gasteiger charge is 2.30. The fraction of sp³-hybridized carbons (Fsp3) is 0.375. The predicted molar refractivity (Wildman–Crippen MR) is 85.1 cm³/mol. The first-order valence-electron chi connectivity index (χ1n) is 7.12. The van der Waals surface area contributed by atoms with Crippen LogP contribution < -0.4 is 4.90 Å². The van der Waals surface area contributed by atoms with Gasteiger partial charge in [0.05, 0.1) is 5.69 Å². The van der Waals surface area contributed by atoms with Crippen molar-refractivity contribution in [2.45, 2.75) is 26.3 Å². The second kappa shape index (κ2) is 5.48. The third kappa shape index (κ3) is 2.65. The van der Waals surface area contributed by atoms with E-state index in [9.17, 15) is 9.90 Å². The van der Waals surface area contributed by atoms with Crippen molar-refractivity contribution in [3.05, 3.63) is 35.2 Å². The largest absolute Gasteiger partial charge is 0.477 e. The predicted octanol–water partition coefficient (Wildman–Crippen LogP) is 3.74.